The van der Waals surface area contributed by atoms with E-state index >= 15 is 0 Å². The number of methoxy groups -OCH3 is 1. The summed E-state index contributed by atoms with van der Waals surface area (Å²) in [6.45, 7) is 3.74. The van der Waals surface area contributed by atoms with Crippen molar-refractivity contribution >= 4 is 17.4 Å². The molecule has 11 heteroatoms. The number of quaternary nitrogens is 1. The second-order valence-corrected chi connectivity index (χ2v) is 10.4. The molecule has 1 aliphatic carbocycles. The molecular formula is C26H35ClN6O4. The van der Waals surface area contributed by atoms with Crippen molar-refractivity contribution in [1.29, 1.82) is 5.26 Å². The van der Waals surface area contributed by atoms with Crippen molar-refractivity contribution in [3.63, 3.8) is 0 Å². The minimum absolute atomic E-state index is 0.0667. The maximum Gasteiger partial charge on any atom is 0.232 e. The molecule has 10 nitrogen and oxygen atoms in total. The van der Waals surface area contributed by atoms with Crippen molar-refractivity contribution in [2.24, 2.45) is 5.41 Å². The number of hydrogen-bond acceptors (Lipinski definition) is 9. The highest BCUT2D eigenvalue weighted by atomic mass is 35.5. The van der Waals surface area contributed by atoms with E-state index in [1.54, 1.807) is 19.5 Å². The molecule has 0 spiro atoms. The molecule has 2 N–H and O–H groups in total. The molecule has 0 amide bonds. The first-order chi connectivity index (χ1) is 17.9. The molecule has 1 saturated heterocycles. The van der Waals surface area contributed by atoms with E-state index in [2.05, 4.69) is 26.3 Å². The smallest absolute Gasteiger partial charge is 0.232 e. The summed E-state index contributed by atoms with van der Waals surface area (Å²) >= 11 is 6.47. The zero-order valence-corrected chi connectivity index (χ0v) is 22.2. The molecule has 2 aromatic heterocycles. The molecule has 1 saturated carbocycles. The summed E-state index contributed by atoms with van der Waals surface area (Å²) in [6.07, 6.45) is 9.52. The van der Waals surface area contributed by atoms with Gasteiger partial charge in [0.25, 0.3) is 0 Å². The van der Waals surface area contributed by atoms with Gasteiger partial charge in [0.2, 0.25) is 5.88 Å². The second kappa shape index (κ2) is 12.8. The van der Waals surface area contributed by atoms with Crippen LogP contribution in [0.3, 0.4) is 0 Å². The lowest BCUT2D eigenvalue weighted by Crippen LogP contribution is -3.15. The number of hydrogen-bond donors (Lipinski definition) is 2. The van der Waals surface area contributed by atoms with Gasteiger partial charge in [0.15, 0.2) is 0 Å². The van der Waals surface area contributed by atoms with E-state index in [0.29, 0.717) is 65.7 Å². The normalized spacial score (nSPS) is 23.0. The van der Waals surface area contributed by atoms with E-state index in [-0.39, 0.29) is 24.7 Å². The predicted molar refractivity (Wildman–Crippen MR) is 139 cm³/mol. The molecule has 4 rings (SSSR count). The first-order valence-corrected chi connectivity index (χ1v) is 13.2. The SMILES string of the molecule is COCC(C)[NH+]([O-])C1CCC(Nc2cc(-c3cncc(OCC4(C#N)CCOCC4)n3)c(Cl)cn2)CC1. The Labute approximate surface area is 222 Å². The zero-order valence-electron chi connectivity index (χ0n) is 21.4. The maximum atomic E-state index is 12.6. The van der Waals surface area contributed by atoms with Crippen LogP contribution >= 0.6 is 11.6 Å². The fourth-order valence-corrected chi connectivity index (χ4v) is 5.19. The Morgan fingerprint density at radius 3 is 2.73 bits per heavy atom. The Morgan fingerprint density at radius 1 is 1.27 bits per heavy atom. The van der Waals surface area contributed by atoms with E-state index in [9.17, 15) is 10.5 Å². The summed E-state index contributed by atoms with van der Waals surface area (Å²) in [6, 6.07) is 4.51. The molecular weight excluding hydrogens is 496 g/mol. The van der Waals surface area contributed by atoms with Gasteiger partial charge in [-0.3, -0.25) is 4.98 Å². The van der Waals surface area contributed by atoms with E-state index in [0.717, 1.165) is 25.7 Å². The van der Waals surface area contributed by atoms with Crippen LogP contribution in [-0.2, 0) is 9.47 Å². The lowest BCUT2D eigenvalue weighted by molar-refractivity contribution is -0.901. The van der Waals surface area contributed by atoms with Crippen molar-refractivity contribution in [2.45, 2.75) is 63.6 Å². The topological polar surface area (TPSA) is 130 Å². The van der Waals surface area contributed by atoms with Gasteiger partial charge in [0, 0.05) is 51.0 Å². The first kappa shape index (κ1) is 27.5. The third-order valence-corrected chi connectivity index (χ3v) is 7.61. The van der Waals surface area contributed by atoms with Crippen LogP contribution in [-0.4, -0.2) is 66.6 Å². The average molecular weight is 531 g/mol. The Balaban J connectivity index is 1.38. The van der Waals surface area contributed by atoms with E-state index in [1.807, 2.05) is 13.0 Å². The molecule has 200 valence electrons. The minimum atomic E-state index is -0.577. The number of halogens is 1. The molecule has 2 unspecified atom stereocenters. The molecule has 0 radical (unpaired) electrons. The summed E-state index contributed by atoms with van der Waals surface area (Å²) in [5.41, 5.74) is 0.676. The molecule has 2 aromatic rings. The van der Waals surface area contributed by atoms with Gasteiger partial charge in [-0.1, -0.05) is 11.6 Å². The molecule has 2 fully saturated rings. The van der Waals surface area contributed by atoms with Gasteiger partial charge >= 0.3 is 0 Å². The monoisotopic (exact) mass is 530 g/mol. The van der Waals surface area contributed by atoms with Crippen molar-refractivity contribution < 1.29 is 19.3 Å². The third-order valence-electron chi connectivity index (χ3n) is 7.31. The summed E-state index contributed by atoms with van der Waals surface area (Å²) in [5, 5.41) is 26.5. The summed E-state index contributed by atoms with van der Waals surface area (Å²) in [7, 11) is 1.63. The number of ether oxygens (including phenoxy) is 3. The van der Waals surface area contributed by atoms with Crippen LogP contribution in [0, 0.1) is 22.0 Å². The number of hydroxylamine groups is 2. The Morgan fingerprint density at radius 2 is 2.03 bits per heavy atom. The summed E-state index contributed by atoms with van der Waals surface area (Å²) in [4.78, 5) is 13.3. The molecule has 3 heterocycles. The van der Waals surface area contributed by atoms with Crippen LogP contribution in [0.2, 0.25) is 5.02 Å². The quantitative estimate of drug-likeness (QED) is 0.445. The number of nitrogens with one attached hydrogen (secondary N) is 2. The molecule has 0 bridgehead atoms. The van der Waals surface area contributed by atoms with Gasteiger partial charge in [0.05, 0.1) is 47.2 Å². The van der Waals surface area contributed by atoms with Crippen molar-refractivity contribution in [1.82, 2.24) is 15.0 Å². The van der Waals surface area contributed by atoms with Gasteiger partial charge in [0.1, 0.15) is 18.5 Å². The van der Waals surface area contributed by atoms with E-state index in [1.165, 1.54) is 6.20 Å². The van der Waals surface area contributed by atoms with Crippen LogP contribution in [0.1, 0.15) is 45.4 Å². The number of anilines is 1. The van der Waals surface area contributed by atoms with Crippen molar-refractivity contribution in [2.75, 3.05) is 38.9 Å². The van der Waals surface area contributed by atoms with Gasteiger partial charge in [-0.15, -0.1) is 0 Å². The number of pyridine rings is 1. The number of aromatic nitrogens is 3. The third kappa shape index (κ3) is 7.06. The van der Waals surface area contributed by atoms with Gasteiger partial charge < -0.3 is 29.8 Å². The largest absolute Gasteiger partial charge is 0.634 e. The number of nitrogens with zero attached hydrogens (tertiary/aromatic N) is 4. The highest BCUT2D eigenvalue weighted by Crippen LogP contribution is 2.32. The number of nitriles is 1. The molecule has 0 aromatic carbocycles. The fraction of sp³-hybridized carbons (Fsp3) is 0.615. The second-order valence-electron chi connectivity index (χ2n) is 10.0. The standard InChI is InChI=1S/C26H35ClN6O4/c1-18(15-35-2)33(34)20-5-3-19(4-6-20)31-24-11-21(22(27)12-30-24)23-13-29-14-25(32-23)37-17-26(16-28)7-9-36-10-8-26/h11-14,18-20,33H,3-10,15,17H2,1-2H3,(H,30,31). The fourth-order valence-electron chi connectivity index (χ4n) is 4.99. The van der Waals surface area contributed by atoms with Crippen LogP contribution in [0.15, 0.2) is 24.7 Å². The highest BCUT2D eigenvalue weighted by molar-refractivity contribution is 6.33. The zero-order chi connectivity index (χ0) is 26.3. The molecule has 2 atom stereocenters. The lowest BCUT2D eigenvalue weighted by Gasteiger charge is -2.40. The molecule has 2 aliphatic rings. The molecule has 37 heavy (non-hydrogen) atoms. The first-order valence-electron chi connectivity index (χ1n) is 12.8. The number of rotatable bonds is 10. The van der Waals surface area contributed by atoms with Crippen LogP contribution in [0.5, 0.6) is 5.88 Å². The molecule has 1 aliphatic heterocycles. The van der Waals surface area contributed by atoms with Crippen molar-refractivity contribution in [3.8, 4) is 23.2 Å². The lowest BCUT2D eigenvalue weighted by atomic mass is 9.83. The van der Waals surface area contributed by atoms with Gasteiger partial charge in [-0.2, -0.15) is 5.26 Å². The van der Waals surface area contributed by atoms with E-state index < -0.39 is 5.41 Å². The highest BCUT2D eigenvalue weighted by Gasteiger charge is 2.34. The Kier molecular flexibility index (Phi) is 9.51. The maximum absolute atomic E-state index is 12.6. The van der Waals surface area contributed by atoms with Gasteiger partial charge in [-0.25, -0.2) is 9.97 Å². The summed E-state index contributed by atoms with van der Waals surface area (Å²) < 4.78 is 16.4. The van der Waals surface area contributed by atoms with E-state index in [4.69, 9.17) is 25.8 Å². The van der Waals surface area contributed by atoms with Crippen LogP contribution in [0.25, 0.3) is 11.3 Å². The van der Waals surface area contributed by atoms with Crippen molar-refractivity contribution in [3.05, 3.63) is 34.9 Å². The predicted octanol–water partition coefficient (Wildman–Crippen LogP) is 3.03. The van der Waals surface area contributed by atoms with Crippen LogP contribution < -0.4 is 15.1 Å². The minimum Gasteiger partial charge on any atom is -0.634 e. The van der Waals surface area contributed by atoms with Gasteiger partial charge in [-0.05, 0) is 38.7 Å². The Hall–Kier alpha value is -2.55. The summed E-state index contributed by atoms with van der Waals surface area (Å²) in [5.74, 6) is 1.03. The average Bonchev–Trinajstić information content (AvgIpc) is 2.94. The Bertz CT molecular complexity index is 1070. The van der Waals surface area contributed by atoms with Crippen LogP contribution in [0.4, 0.5) is 5.82 Å².